The SMILES string of the molecule is CCOC(=O)C(O)CC(OC(C)C)c1ccccc1. The Hall–Kier alpha value is -1.39. The summed E-state index contributed by atoms with van der Waals surface area (Å²) in [6, 6.07) is 9.57. The third-order valence-electron chi connectivity index (χ3n) is 2.60. The first-order valence-electron chi connectivity index (χ1n) is 6.59. The van der Waals surface area contributed by atoms with E-state index in [1.807, 2.05) is 44.2 Å². The van der Waals surface area contributed by atoms with Gasteiger partial charge in [-0.25, -0.2) is 4.79 Å². The van der Waals surface area contributed by atoms with E-state index in [1.54, 1.807) is 6.92 Å². The minimum Gasteiger partial charge on any atom is -0.464 e. The van der Waals surface area contributed by atoms with Crippen LogP contribution >= 0.6 is 0 Å². The molecule has 19 heavy (non-hydrogen) atoms. The molecule has 0 heterocycles. The zero-order chi connectivity index (χ0) is 14.3. The Morgan fingerprint density at radius 3 is 2.42 bits per heavy atom. The summed E-state index contributed by atoms with van der Waals surface area (Å²) < 4.78 is 10.6. The Morgan fingerprint density at radius 1 is 1.26 bits per heavy atom. The Kier molecular flexibility index (Phi) is 6.53. The molecule has 4 heteroatoms. The van der Waals surface area contributed by atoms with Gasteiger partial charge in [-0.15, -0.1) is 0 Å². The van der Waals surface area contributed by atoms with Crippen molar-refractivity contribution in [2.24, 2.45) is 0 Å². The van der Waals surface area contributed by atoms with Crippen molar-refractivity contribution in [2.75, 3.05) is 6.61 Å². The van der Waals surface area contributed by atoms with Gasteiger partial charge in [0.2, 0.25) is 0 Å². The normalized spacial score (nSPS) is 14.2. The molecule has 0 saturated heterocycles. The van der Waals surface area contributed by atoms with E-state index in [9.17, 15) is 9.90 Å². The van der Waals surface area contributed by atoms with Crippen LogP contribution in [0.25, 0.3) is 0 Å². The van der Waals surface area contributed by atoms with Crippen LogP contribution in [0.3, 0.4) is 0 Å². The average molecular weight is 266 g/mol. The molecule has 0 spiro atoms. The highest BCUT2D eigenvalue weighted by atomic mass is 16.5. The maximum Gasteiger partial charge on any atom is 0.335 e. The maximum atomic E-state index is 11.5. The van der Waals surface area contributed by atoms with Gasteiger partial charge in [0.1, 0.15) is 0 Å². The summed E-state index contributed by atoms with van der Waals surface area (Å²) in [6.45, 7) is 5.82. The fourth-order valence-electron chi connectivity index (χ4n) is 1.80. The Morgan fingerprint density at radius 2 is 1.89 bits per heavy atom. The molecule has 2 unspecified atom stereocenters. The van der Waals surface area contributed by atoms with Crippen LogP contribution < -0.4 is 0 Å². The number of rotatable bonds is 7. The van der Waals surface area contributed by atoms with Gasteiger partial charge in [-0.05, 0) is 26.3 Å². The van der Waals surface area contributed by atoms with Crippen molar-refractivity contribution in [1.82, 2.24) is 0 Å². The van der Waals surface area contributed by atoms with Crippen LogP contribution in [-0.2, 0) is 14.3 Å². The smallest absolute Gasteiger partial charge is 0.335 e. The van der Waals surface area contributed by atoms with Crippen molar-refractivity contribution < 1.29 is 19.4 Å². The minimum absolute atomic E-state index is 0.0135. The number of hydrogen-bond donors (Lipinski definition) is 1. The van der Waals surface area contributed by atoms with E-state index >= 15 is 0 Å². The Bertz CT molecular complexity index is 375. The van der Waals surface area contributed by atoms with Gasteiger partial charge in [-0.1, -0.05) is 30.3 Å². The van der Waals surface area contributed by atoms with Gasteiger partial charge in [-0.3, -0.25) is 0 Å². The zero-order valence-corrected chi connectivity index (χ0v) is 11.7. The highest BCUT2D eigenvalue weighted by Crippen LogP contribution is 2.24. The molecule has 4 nitrogen and oxygen atoms in total. The van der Waals surface area contributed by atoms with Gasteiger partial charge in [0.05, 0.1) is 18.8 Å². The molecule has 1 aromatic rings. The quantitative estimate of drug-likeness (QED) is 0.770. The highest BCUT2D eigenvalue weighted by Gasteiger charge is 2.24. The monoisotopic (exact) mass is 266 g/mol. The van der Waals surface area contributed by atoms with Crippen molar-refractivity contribution >= 4 is 5.97 Å². The summed E-state index contributed by atoms with van der Waals surface area (Å²) in [6.07, 6.45) is -1.27. The van der Waals surface area contributed by atoms with Crippen molar-refractivity contribution in [3.05, 3.63) is 35.9 Å². The third kappa shape index (κ3) is 5.41. The molecule has 106 valence electrons. The average Bonchev–Trinajstić information content (AvgIpc) is 2.38. The Balaban J connectivity index is 2.73. The number of carbonyl (C=O) groups is 1. The first-order valence-corrected chi connectivity index (χ1v) is 6.59. The summed E-state index contributed by atoms with van der Waals surface area (Å²) in [5.74, 6) is -0.601. The lowest BCUT2D eigenvalue weighted by Gasteiger charge is -2.22. The molecule has 0 radical (unpaired) electrons. The minimum atomic E-state index is -1.16. The molecule has 1 N–H and O–H groups in total. The molecule has 0 aliphatic rings. The van der Waals surface area contributed by atoms with E-state index in [0.29, 0.717) is 0 Å². The van der Waals surface area contributed by atoms with Crippen LogP contribution in [0.15, 0.2) is 30.3 Å². The molecule has 2 atom stereocenters. The van der Waals surface area contributed by atoms with E-state index in [1.165, 1.54) is 0 Å². The van der Waals surface area contributed by atoms with Crippen molar-refractivity contribution in [2.45, 2.75) is 45.5 Å². The van der Waals surface area contributed by atoms with Crippen LogP contribution in [0.5, 0.6) is 0 Å². The van der Waals surface area contributed by atoms with Crippen LogP contribution in [0.4, 0.5) is 0 Å². The molecule has 0 fully saturated rings. The van der Waals surface area contributed by atoms with Gasteiger partial charge in [0.25, 0.3) is 0 Å². The van der Waals surface area contributed by atoms with Crippen molar-refractivity contribution in [1.29, 1.82) is 0 Å². The Labute approximate surface area is 114 Å². The molecule has 0 aromatic heterocycles. The fraction of sp³-hybridized carbons (Fsp3) is 0.533. The molecule has 0 amide bonds. The van der Waals surface area contributed by atoms with Gasteiger partial charge in [0, 0.05) is 6.42 Å². The number of aliphatic hydroxyl groups is 1. The molecule has 1 rings (SSSR count). The summed E-state index contributed by atoms with van der Waals surface area (Å²) >= 11 is 0. The molecule has 1 aromatic carbocycles. The van der Waals surface area contributed by atoms with E-state index in [2.05, 4.69) is 0 Å². The highest BCUT2D eigenvalue weighted by molar-refractivity contribution is 5.74. The number of hydrogen-bond acceptors (Lipinski definition) is 4. The maximum absolute atomic E-state index is 11.5. The second kappa shape index (κ2) is 7.92. The largest absolute Gasteiger partial charge is 0.464 e. The van der Waals surface area contributed by atoms with Crippen LogP contribution in [0, 0.1) is 0 Å². The number of esters is 1. The third-order valence-corrected chi connectivity index (χ3v) is 2.60. The van der Waals surface area contributed by atoms with Crippen molar-refractivity contribution in [3.8, 4) is 0 Å². The molecule has 0 bridgehead atoms. The lowest BCUT2D eigenvalue weighted by atomic mass is 10.0. The summed E-state index contributed by atoms with van der Waals surface area (Å²) in [5, 5.41) is 9.84. The van der Waals surface area contributed by atoms with E-state index < -0.39 is 12.1 Å². The fourth-order valence-corrected chi connectivity index (χ4v) is 1.80. The van der Waals surface area contributed by atoms with Gasteiger partial charge < -0.3 is 14.6 Å². The summed E-state index contributed by atoms with van der Waals surface area (Å²) in [4.78, 5) is 11.5. The van der Waals surface area contributed by atoms with Gasteiger partial charge in [0.15, 0.2) is 6.10 Å². The summed E-state index contributed by atoms with van der Waals surface area (Å²) in [7, 11) is 0. The second-order valence-corrected chi connectivity index (χ2v) is 4.59. The lowest BCUT2D eigenvalue weighted by Crippen LogP contribution is -2.27. The molecule has 0 aliphatic heterocycles. The molecule has 0 aliphatic carbocycles. The molecular formula is C15H22O4. The zero-order valence-electron chi connectivity index (χ0n) is 11.7. The van der Waals surface area contributed by atoms with Gasteiger partial charge in [-0.2, -0.15) is 0 Å². The molecule has 0 saturated carbocycles. The van der Waals surface area contributed by atoms with E-state index in [0.717, 1.165) is 5.56 Å². The standard InChI is InChI=1S/C15H22O4/c1-4-18-15(17)13(16)10-14(19-11(2)3)12-8-6-5-7-9-12/h5-9,11,13-14,16H,4,10H2,1-3H3. The summed E-state index contributed by atoms with van der Waals surface area (Å²) in [5.41, 5.74) is 0.944. The topological polar surface area (TPSA) is 55.8 Å². The second-order valence-electron chi connectivity index (χ2n) is 4.59. The predicted molar refractivity (Wildman–Crippen MR) is 72.7 cm³/mol. The molecular weight excluding hydrogens is 244 g/mol. The first kappa shape index (κ1) is 15.7. The number of aliphatic hydroxyl groups excluding tert-OH is 1. The first-order chi connectivity index (χ1) is 9.04. The van der Waals surface area contributed by atoms with Crippen molar-refractivity contribution in [3.63, 3.8) is 0 Å². The number of benzene rings is 1. The van der Waals surface area contributed by atoms with Crippen LogP contribution in [0.1, 0.15) is 38.9 Å². The van der Waals surface area contributed by atoms with Crippen LogP contribution in [-0.4, -0.2) is 29.9 Å². The van der Waals surface area contributed by atoms with Gasteiger partial charge >= 0.3 is 5.97 Å². The number of ether oxygens (including phenoxy) is 2. The lowest BCUT2D eigenvalue weighted by molar-refractivity contribution is -0.155. The number of carbonyl (C=O) groups excluding carboxylic acids is 1. The predicted octanol–water partition coefficient (Wildman–Crippen LogP) is 2.47. The van der Waals surface area contributed by atoms with E-state index in [4.69, 9.17) is 9.47 Å². The van der Waals surface area contributed by atoms with Crippen LogP contribution in [0.2, 0.25) is 0 Å². The van der Waals surface area contributed by atoms with E-state index in [-0.39, 0.29) is 25.2 Å².